The van der Waals surface area contributed by atoms with E-state index in [2.05, 4.69) is 0 Å². The Morgan fingerprint density at radius 1 is 1.21 bits per heavy atom. The molecule has 0 aliphatic rings. The van der Waals surface area contributed by atoms with Crippen LogP contribution in [0.15, 0.2) is 64.0 Å². The molecule has 5 heteroatoms. The summed E-state index contributed by atoms with van der Waals surface area (Å²) in [4.78, 5) is 25.3. The Morgan fingerprint density at radius 2 is 1.96 bits per heavy atom. The average molecular weight is 343 g/mol. The topological polar surface area (TPSA) is 56.5 Å². The van der Waals surface area contributed by atoms with Crippen LogP contribution in [0, 0.1) is 0 Å². The van der Waals surface area contributed by atoms with Gasteiger partial charge < -0.3 is 9.15 Å². The van der Waals surface area contributed by atoms with E-state index in [0.717, 1.165) is 0 Å². The maximum atomic E-state index is 12.9. The molecule has 0 aliphatic heterocycles. The summed E-state index contributed by atoms with van der Waals surface area (Å²) < 4.78 is 10.7. The van der Waals surface area contributed by atoms with Gasteiger partial charge in [0.15, 0.2) is 5.43 Å². The van der Waals surface area contributed by atoms with Crippen molar-refractivity contribution in [2.24, 2.45) is 0 Å². The van der Waals surface area contributed by atoms with E-state index in [1.807, 2.05) is 18.2 Å². The van der Waals surface area contributed by atoms with Gasteiger partial charge in [0.25, 0.3) is 0 Å². The van der Waals surface area contributed by atoms with Crippen LogP contribution in [0.5, 0.6) is 0 Å². The fraction of sp³-hybridized carbons (Fsp3) is 0.158. The number of benzene rings is 2. The van der Waals surface area contributed by atoms with Crippen molar-refractivity contribution in [2.75, 3.05) is 6.61 Å². The number of carbonyl (C=O) groups is 1. The Morgan fingerprint density at radius 3 is 2.67 bits per heavy atom. The molecular weight excluding hydrogens is 328 g/mol. The van der Waals surface area contributed by atoms with Crippen LogP contribution in [-0.4, -0.2) is 12.6 Å². The molecule has 1 aromatic heterocycles. The van der Waals surface area contributed by atoms with Crippen LogP contribution in [0.2, 0.25) is 5.02 Å². The highest BCUT2D eigenvalue weighted by Gasteiger charge is 2.28. The van der Waals surface area contributed by atoms with Gasteiger partial charge in [0.2, 0.25) is 0 Å². The number of hydrogen-bond acceptors (Lipinski definition) is 4. The summed E-state index contributed by atoms with van der Waals surface area (Å²) in [7, 11) is 0. The summed E-state index contributed by atoms with van der Waals surface area (Å²) in [5.74, 6) is -1.31. The predicted molar refractivity (Wildman–Crippen MR) is 92.4 cm³/mol. The van der Waals surface area contributed by atoms with Crippen LogP contribution in [-0.2, 0) is 9.53 Å². The second kappa shape index (κ2) is 6.89. The third-order valence-corrected chi connectivity index (χ3v) is 3.96. The summed E-state index contributed by atoms with van der Waals surface area (Å²) in [5, 5.41) is 0.852. The number of fused-ring (bicyclic) bond motifs is 1. The van der Waals surface area contributed by atoms with Gasteiger partial charge in [0.1, 0.15) is 11.5 Å². The van der Waals surface area contributed by atoms with Gasteiger partial charge in [-0.1, -0.05) is 41.9 Å². The SMILES string of the molecule is CCOC(=O)[C@H](c1ccccc1)c1coc2cc(Cl)ccc2c1=O. The molecule has 3 rings (SSSR count). The van der Waals surface area contributed by atoms with Crippen molar-refractivity contribution in [2.45, 2.75) is 12.8 Å². The Hall–Kier alpha value is -2.59. The second-order valence-corrected chi connectivity index (χ2v) is 5.69. The number of esters is 1. The molecule has 0 N–H and O–H groups in total. The number of carbonyl (C=O) groups excluding carboxylic acids is 1. The molecule has 24 heavy (non-hydrogen) atoms. The van der Waals surface area contributed by atoms with Crippen molar-refractivity contribution in [3.05, 3.63) is 81.2 Å². The van der Waals surface area contributed by atoms with E-state index >= 15 is 0 Å². The third kappa shape index (κ3) is 3.05. The van der Waals surface area contributed by atoms with Gasteiger partial charge in [-0.2, -0.15) is 0 Å². The number of ether oxygens (including phenoxy) is 1. The Balaban J connectivity index is 2.19. The molecule has 0 aliphatic carbocycles. The van der Waals surface area contributed by atoms with Gasteiger partial charge in [-0.25, -0.2) is 0 Å². The summed E-state index contributed by atoms with van der Waals surface area (Å²) in [6.07, 6.45) is 1.32. The maximum absolute atomic E-state index is 12.9. The molecule has 0 bridgehead atoms. The van der Waals surface area contributed by atoms with Gasteiger partial charge in [-0.3, -0.25) is 9.59 Å². The van der Waals surface area contributed by atoms with Crippen LogP contribution in [0.1, 0.15) is 24.0 Å². The van der Waals surface area contributed by atoms with E-state index < -0.39 is 11.9 Å². The van der Waals surface area contributed by atoms with E-state index in [0.29, 0.717) is 21.6 Å². The molecule has 0 saturated carbocycles. The van der Waals surface area contributed by atoms with Crippen molar-refractivity contribution < 1.29 is 13.9 Å². The highest BCUT2D eigenvalue weighted by Crippen LogP contribution is 2.26. The zero-order valence-electron chi connectivity index (χ0n) is 13.0. The quantitative estimate of drug-likeness (QED) is 0.668. The van der Waals surface area contributed by atoms with Crippen molar-refractivity contribution in [3.63, 3.8) is 0 Å². The minimum absolute atomic E-state index is 0.233. The predicted octanol–water partition coefficient (Wildman–Crippen LogP) is 4.14. The molecule has 0 amide bonds. The van der Waals surface area contributed by atoms with E-state index in [1.165, 1.54) is 6.26 Å². The first-order valence-electron chi connectivity index (χ1n) is 7.54. The summed E-state index contributed by atoms with van der Waals surface area (Å²) in [6, 6.07) is 13.8. The van der Waals surface area contributed by atoms with Crippen molar-refractivity contribution >= 4 is 28.5 Å². The first-order valence-corrected chi connectivity index (χ1v) is 7.92. The molecule has 0 fully saturated rings. The molecule has 0 radical (unpaired) electrons. The van der Waals surface area contributed by atoms with Crippen LogP contribution in [0.4, 0.5) is 0 Å². The number of halogens is 1. The van der Waals surface area contributed by atoms with Gasteiger partial charge in [0, 0.05) is 11.1 Å². The summed E-state index contributed by atoms with van der Waals surface area (Å²) in [6.45, 7) is 1.96. The molecule has 1 heterocycles. The molecule has 1 atom stereocenters. The zero-order valence-corrected chi connectivity index (χ0v) is 13.7. The first kappa shape index (κ1) is 16.3. The van der Waals surface area contributed by atoms with E-state index in [4.69, 9.17) is 20.8 Å². The van der Waals surface area contributed by atoms with E-state index in [1.54, 1.807) is 37.3 Å². The van der Waals surface area contributed by atoms with Crippen molar-refractivity contribution in [1.82, 2.24) is 0 Å². The Kier molecular flexibility index (Phi) is 4.67. The molecule has 0 saturated heterocycles. The van der Waals surface area contributed by atoms with Gasteiger partial charge in [-0.15, -0.1) is 0 Å². The minimum atomic E-state index is -0.831. The lowest BCUT2D eigenvalue weighted by atomic mass is 9.91. The lowest BCUT2D eigenvalue weighted by molar-refractivity contribution is -0.143. The molecule has 4 nitrogen and oxygen atoms in total. The average Bonchev–Trinajstić information content (AvgIpc) is 2.58. The van der Waals surface area contributed by atoms with E-state index in [9.17, 15) is 9.59 Å². The van der Waals surface area contributed by atoms with Gasteiger partial charge >= 0.3 is 5.97 Å². The lowest BCUT2D eigenvalue weighted by Gasteiger charge is -2.15. The monoisotopic (exact) mass is 342 g/mol. The lowest BCUT2D eigenvalue weighted by Crippen LogP contribution is -2.23. The van der Waals surface area contributed by atoms with Gasteiger partial charge in [-0.05, 0) is 24.6 Å². The van der Waals surface area contributed by atoms with Crippen molar-refractivity contribution in [3.8, 4) is 0 Å². The van der Waals surface area contributed by atoms with Crippen LogP contribution >= 0.6 is 11.6 Å². The van der Waals surface area contributed by atoms with Crippen LogP contribution < -0.4 is 5.43 Å². The molecule has 0 spiro atoms. The summed E-state index contributed by atoms with van der Waals surface area (Å²) in [5.41, 5.74) is 1.03. The standard InChI is InChI=1S/C19H15ClO4/c1-2-23-19(22)17(12-6-4-3-5-7-12)15-11-24-16-10-13(20)8-9-14(16)18(15)21/h3-11,17H,2H2,1H3/t17-/m1/s1. The molecule has 0 unspecified atom stereocenters. The fourth-order valence-electron chi connectivity index (χ4n) is 2.63. The fourth-order valence-corrected chi connectivity index (χ4v) is 2.79. The molecule has 122 valence electrons. The normalized spacial score (nSPS) is 12.1. The second-order valence-electron chi connectivity index (χ2n) is 5.26. The van der Waals surface area contributed by atoms with Crippen LogP contribution in [0.25, 0.3) is 11.0 Å². The zero-order chi connectivity index (χ0) is 17.1. The summed E-state index contributed by atoms with van der Waals surface area (Å²) >= 11 is 5.92. The van der Waals surface area contributed by atoms with Crippen molar-refractivity contribution in [1.29, 1.82) is 0 Å². The minimum Gasteiger partial charge on any atom is -0.465 e. The van der Waals surface area contributed by atoms with E-state index in [-0.39, 0.29) is 17.6 Å². The smallest absolute Gasteiger partial charge is 0.318 e. The first-order chi connectivity index (χ1) is 11.6. The third-order valence-electron chi connectivity index (χ3n) is 3.73. The largest absolute Gasteiger partial charge is 0.465 e. The Labute approximate surface area is 143 Å². The molecular formula is C19H15ClO4. The highest BCUT2D eigenvalue weighted by molar-refractivity contribution is 6.31. The molecule has 2 aromatic carbocycles. The van der Waals surface area contributed by atoms with Crippen LogP contribution in [0.3, 0.4) is 0 Å². The number of hydrogen-bond donors (Lipinski definition) is 0. The number of rotatable bonds is 4. The Bertz CT molecular complexity index is 931. The molecule has 3 aromatic rings. The van der Waals surface area contributed by atoms with Gasteiger partial charge in [0.05, 0.1) is 23.8 Å². The maximum Gasteiger partial charge on any atom is 0.318 e. The highest BCUT2D eigenvalue weighted by atomic mass is 35.5.